The highest BCUT2D eigenvalue weighted by molar-refractivity contribution is 7.90. The van der Waals surface area contributed by atoms with Gasteiger partial charge in [-0.3, -0.25) is 10.1 Å². The molecule has 0 unspecified atom stereocenters. The van der Waals surface area contributed by atoms with Gasteiger partial charge in [0.2, 0.25) is 0 Å². The SMILES string of the molecule is CN(C)CCN(C)c1ccc([N+](=O)[O-])c(S(C)(=O)=O)c1. The van der Waals surface area contributed by atoms with Crippen LogP contribution in [0.5, 0.6) is 0 Å². The Bertz CT molecular complexity index is 599. The maximum atomic E-state index is 11.7. The normalized spacial score (nSPS) is 11.7. The molecular weight excluding hydrogens is 282 g/mol. The quantitative estimate of drug-likeness (QED) is 0.575. The van der Waals surface area contributed by atoms with Crippen LogP contribution in [0.15, 0.2) is 23.1 Å². The average molecular weight is 301 g/mol. The lowest BCUT2D eigenvalue weighted by atomic mass is 10.2. The van der Waals surface area contributed by atoms with Gasteiger partial charge >= 0.3 is 0 Å². The van der Waals surface area contributed by atoms with Gasteiger partial charge in [-0.2, -0.15) is 0 Å². The van der Waals surface area contributed by atoms with E-state index in [0.717, 1.165) is 12.8 Å². The molecule has 1 aromatic carbocycles. The molecule has 0 heterocycles. The second kappa shape index (κ2) is 6.19. The summed E-state index contributed by atoms with van der Waals surface area (Å²) in [6.45, 7) is 1.48. The zero-order valence-electron chi connectivity index (χ0n) is 12.0. The molecule has 0 atom stereocenters. The molecule has 0 aromatic heterocycles. The molecule has 112 valence electrons. The first-order chi connectivity index (χ1) is 9.12. The highest BCUT2D eigenvalue weighted by atomic mass is 32.2. The van der Waals surface area contributed by atoms with E-state index in [4.69, 9.17) is 0 Å². The molecular formula is C12H19N3O4S. The molecule has 0 amide bonds. The van der Waals surface area contributed by atoms with E-state index >= 15 is 0 Å². The largest absolute Gasteiger partial charge is 0.373 e. The van der Waals surface area contributed by atoms with Crippen LogP contribution in [0.3, 0.4) is 0 Å². The van der Waals surface area contributed by atoms with Crippen molar-refractivity contribution in [2.75, 3.05) is 45.4 Å². The molecule has 0 aliphatic rings. The van der Waals surface area contributed by atoms with Crippen LogP contribution in [0.2, 0.25) is 0 Å². The molecule has 0 fully saturated rings. The predicted octanol–water partition coefficient (Wildman–Crippen LogP) is 0.996. The summed E-state index contributed by atoms with van der Waals surface area (Å²) in [7, 11) is 2.04. The monoisotopic (exact) mass is 301 g/mol. The molecule has 0 radical (unpaired) electrons. The van der Waals surface area contributed by atoms with E-state index in [1.807, 2.05) is 30.9 Å². The Morgan fingerprint density at radius 1 is 1.20 bits per heavy atom. The van der Waals surface area contributed by atoms with Crippen molar-refractivity contribution >= 4 is 21.2 Å². The average Bonchev–Trinajstić information content (AvgIpc) is 2.33. The van der Waals surface area contributed by atoms with Gasteiger partial charge in [-0.15, -0.1) is 0 Å². The van der Waals surface area contributed by atoms with Crippen LogP contribution in [0.25, 0.3) is 0 Å². The van der Waals surface area contributed by atoms with Gasteiger partial charge in [-0.25, -0.2) is 8.42 Å². The van der Waals surface area contributed by atoms with Crippen molar-refractivity contribution in [1.82, 2.24) is 4.90 Å². The molecule has 0 saturated heterocycles. The number of benzene rings is 1. The third kappa shape index (κ3) is 4.17. The number of hydrogen-bond acceptors (Lipinski definition) is 6. The number of anilines is 1. The first-order valence-corrected chi connectivity index (χ1v) is 7.86. The van der Waals surface area contributed by atoms with Gasteiger partial charge in [-0.1, -0.05) is 0 Å². The number of sulfone groups is 1. The molecule has 8 heteroatoms. The van der Waals surface area contributed by atoms with Crippen LogP contribution in [-0.2, 0) is 9.84 Å². The zero-order chi connectivity index (χ0) is 15.5. The standard InChI is InChI=1S/C12H19N3O4S/c1-13(2)7-8-14(3)10-5-6-11(15(16)17)12(9-10)20(4,18)19/h5-6,9H,7-8H2,1-4H3. The Balaban J connectivity index is 3.16. The van der Waals surface area contributed by atoms with Gasteiger partial charge in [0.05, 0.1) is 4.92 Å². The second-order valence-electron chi connectivity index (χ2n) is 4.91. The van der Waals surface area contributed by atoms with Crippen LogP contribution < -0.4 is 4.90 Å². The maximum absolute atomic E-state index is 11.7. The van der Waals surface area contributed by atoms with Crippen molar-refractivity contribution in [2.45, 2.75) is 4.90 Å². The maximum Gasteiger partial charge on any atom is 0.288 e. The molecule has 0 saturated carbocycles. The van der Waals surface area contributed by atoms with Crippen LogP contribution in [-0.4, -0.2) is 58.7 Å². The Labute approximate surface area is 118 Å². The van der Waals surface area contributed by atoms with Crippen LogP contribution in [0, 0.1) is 10.1 Å². The predicted molar refractivity (Wildman–Crippen MR) is 78.0 cm³/mol. The summed E-state index contributed by atoms with van der Waals surface area (Å²) >= 11 is 0. The van der Waals surface area contributed by atoms with E-state index in [9.17, 15) is 18.5 Å². The fraction of sp³-hybridized carbons (Fsp3) is 0.500. The van der Waals surface area contributed by atoms with Crippen molar-refractivity contribution in [3.05, 3.63) is 28.3 Å². The summed E-state index contributed by atoms with van der Waals surface area (Å²) in [6, 6.07) is 4.14. The number of nitro benzene ring substituents is 1. The van der Waals surface area contributed by atoms with Crippen LogP contribution in [0.4, 0.5) is 11.4 Å². The lowest BCUT2D eigenvalue weighted by Gasteiger charge is -2.21. The van der Waals surface area contributed by atoms with E-state index in [0.29, 0.717) is 12.2 Å². The summed E-state index contributed by atoms with van der Waals surface area (Å²) < 4.78 is 23.3. The minimum Gasteiger partial charge on any atom is -0.373 e. The Hall–Kier alpha value is -1.67. The topological polar surface area (TPSA) is 83.8 Å². The summed E-state index contributed by atoms with van der Waals surface area (Å²) in [5, 5.41) is 10.9. The Kier molecular flexibility index (Phi) is 5.07. The van der Waals surface area contributed by atoms with Crippen molar-refractivity contribution < 1.29 is 13.3 Å². The minimum absolute atomic E-state index is 0.253. The van der Waals surface area contributed by atoms with Gasteiger partial charge in [0, 0.05) is 38.1 Å². The van der Waals surface area contributed by atoms with Gasteiger partial charge < -0.3 is 9.80 Å². The molecule has 20 heavy (non-hydrogen) atoms. The molecule has 1 aromatic rings. The lowest BCUT2D eigenvalue weighted by molar-refractivity contribution is -0.387. The third-order valence-corrected chi connectivity index (χ3v) is 3.99. The van der Waals surface area contributed by atoms with E-state index in [1.165, 1.54) is 12.1 Å². The van der Waals surface area contributed by atoms with Gasteiger partial charge in [-0.05, 0) is 26.2 Å². The van der Waals surface area contributed by atoms with Gasteiger partial charge in [0.25, 0.3) is 5.69 Å². The number of nitro groups is 1. The van der Waals surface area contributed by atoms with Crippen LogP contribution >= 0.6 is 0 Å². The highest BCUT2D eigenvalue weighted by Gasteiger charge is 2.23. The van der Waals surface area contributed by atoms with E-state index < -0.39 is 20.4 Å². The van der Waals surface area contributed by atoms with E-state index in [1.54, 1.807) is 6.07 Å². The summed E-state index contributed by atoms with van der Waals surface area (Å²) in [4.78, 5) is 13.8. The summed E-state index contributed by atoms with van der Waals surface area (Å²) in [5.74, 6) is 0. The fourth-order valence-electron chi connectivity index (χ4n) is 1.67. The van der Waals surface area contributed by atoms with Crippen LogP contribution in [0.1, 0.15) is 0 Å². The Morgan fingerprint density at radius 2 is 1.80 bits per heavy atom. The van der Waals surface area contributed by atoms with Crippen molar-refractivity contribution in [3.63, 3.8) is 0 Å². The molecule has 0 bridgehead atoms. The smallest absolute Gasteiger partial charge is 0.288 e. The van der Waals surface area contributed by atoms with Crippen molar-refractivity contribution in [3.8, 4) is 0 Å². The molecule has 0 aliphatic heterocycles. The molecule has 0 spiro atoms. The van der Waals surface area contributed by atoms with Gasteiger partial charge in [0.15, 0.2) is 9.84 Å². The third-order valence-electron chi connectivity index (χ3n) is 2.86. The van der Waals surface area contributed by atoms with E-state index in [2.05, 4.69) is 0 Å². The molecule has 0 N–H and O–H groups in total. The van der Waals surface area contributed by atoms with E-state index in [-0.39, 0.29) is 4.90 Å². The molecule has 0 aliphatic carbocycles. The first-order valence-electron chi connectivity index (χ1n) is 5.97. The fourth-order valence-corrected chi connectivity index (χ4v) is 2.52. The number of rotatable bonds is 6. The minimum atomic E-state index is -3.64. The zero-order valence-corrected chi connectivity index (χ0v) is 12.8. The highest BCUT2D eigenvalue weighted by Crippen LogP contribution is 2.28. The van der Waals surface area contributed by atoms with Gasteiger partial charge in [0.1, 0.15) is 4.90 Å². The Morgan fingerprint density at radius 3 is 2.25 bits per heavy atom. The number of likely N-dealkylation sites (N-methyl/N-ethyl adjacent to an activating group) is 2. The second-order valence-corrected chi connectivity index (χ2v) is 6.89. The summed E-state index contributed by atoms with van der Waals surface area (Å²) in [6.07, 6.45) is 0.971. The lowest BCUT2D eigenvalue weighted by Crippen LogP contribution is -2.28. The molecule has 1 rings (SSSR count). The number of nitrogens with zero attached hydrogens (tertiary/aromatic N) is 3. The summed E-state index contributed by atoms with van der Waals surface area (Å²) in [5.41, 5.74) is 0.245. The number of hydrogen-bond donors (Lipinski definition) is 0. The van der Waals surface area contributed by atoms with Crippen molar-refractivity contribution in [2.24, 2.45) is 0 Å². The van der Waals surface area contributed by atoms with Crippen molar-refractivity contribution in [1.29, 1.82) is 0 Å². The first kappa shape index (κ1) is 16.4. The molecule has 7 nitrogen and oxygen atoms in total.